The Labute approximate surface area is 205 Å². The van der Waals surface area contributed by atoms with Crippen molar-refractivity contribution in [1.82, 2.24) is 24.8 Å². The van der Waals surface area contributed by atoms with Crippen molar-refractivity contribution >= 4 is 35.8 Å². The van der Waals surface area contributed by atoms with Crippen LogP contribution in [-0.2, 0) is 17.7 Å². The molecule has 0 aliphatic carbocycles. The molecular weight excluding hydrogens is 459 g/mol. The lowest BCUT2D eigenvalue weighted by Crippen LogP contribution is -2.40. The summed E-state index contributed by atoms with van der Waals surface area (Å²) >= 11 is 0. The van der Waals surface area contributed by atoms with E-state index in [-0.39, 0.29) is 0 Å². The molecule has 2 aliphatic rings. The molecular formula is C25H29N8OP. The predicted octanol–water partition coefficient (Wildman–Crippen LogP) is 3.45. The van der Waals surface area contributed by atoms with Gasteiger partial charge in [-0.3, -0.25) is 0 Å². The minimum Gasteiger partial charge on any atom is -0.324 e. The summed E-state index contributed by atoms with van der Waals surface area (Å²) in [4.78, 5) is 18.1. The van der Waals surface area contributed by atoms with Gasteiger partial charge in [-0.2, -0.15) is 10.2 Å². The van der Waals surface area contributed by atoms with Gasteiger partial charge in [-0.1, -0.05) is 6.07 Å². The first kappa shape index (κ1) is 23.4. The van der Waals surface area contributed by atoms with Crippen LogP contribution in [0.2, 0.25) is 0 Å². The predicted molar refractivity (Wildman–Crippen MR) is 138 cm³/mol. The van der Waals surface area contributed by atoms with E-state index >= 15 is 0 Å². The fraction of sp³-hybridized carbons (Fsp3) is 0.360. The number of hydrogen-bond acceptors (Lipinski definition) is 9. The Hall–Kier alpha value is -3.31. The van der Waals surface area contributed by atoms with E-state index in [4.69, 9.17) is 0 Å². The molecule has 0 fully saturated rings. The second-order valence-electron chi connectivity index (χ2n) is 9.85. The molecule has 1 aromatic carbocycles. The Kier molecular flexibility index (Phi) is 6.06. The maximum atomic E-state index is 12.4. The zero-order chi connectivity index (χ0) is 24.7. The number of benzene rings is 1. The van der Waals surface area contributed by atoms with Gasteiger partial charge in [0.05, 0.1) is 6.20 Å². The molecule has 0 spiro atoms. The van der Waals surface area contributed by atoms with Crippen molar-refractivity contribution in [2.75, 3.05) is 51.1 Å². The first-order valence-electron chi connectivity index (χ1n) is 11.6. The minimum absolute atomic E-state index is 0.297. The number of nitriles is 1. The van der Waals surface area contributed by atoms with Gasteiger partial charge in [-0.25, -0.2) is 9.97 Å². The zero-order valence-corrected chi connectivity index (χ0v) is 21.3. The van der Waals surface area contributed by atoms with Crippen LogP contribution in [0.3, 0.4) is 0 Å². The van der Waals surface area contributed by atoms with Gasteiger partial charge in [0.25, 0.3) is 0 Å². The lowest BCUT2D eigenvalue weighted by atomic mass is 9.82. The van der Waals surface area contributed by atoms with Crippen molar-refractivity contribution < 1.29 is 4.57 Å². The number of pyridine rings is 1. The van der Waals surface area contributed by atoms with Gasteiger partial charge in [0, 0.05) is 37.8 Å². The van der Waals surface area contributed by atoms with Crippen LogP contribution in [-0.4, -0.2) is 65.3 Å². The van der Waals surface area contributed by atoms with E-state index in [1.807, 2.05) is 0 Å². The van der Waals surface area contributed by atoms with Crippen LogP contribution >= 0.6 is 7.14 Å². The number of likely N-dealkylation sites (N-methyl/N-ethyl adjacent to an activating group) is 2. The van der Waals surface area contributed by atoms with E-state index in [2.05, 4.69) is 67.7 Å². The van der Waals surface area contributed by atoms with Crippen LogP contribution in [0.1, 0.15) is 28.2 Å². The summed E-state index contributed by atoms with van der Waals surface area (Å²) in [5, 5.41) is 16.0. The normalized spacial score (nSPS) is 16.4. The number of anilines is 4. The van der Waals surface area contributed by atoms with E-state index in [0.717, 1.165) is 31.9 Å². The van der Waals surface area contributed by atoms with E-state index in [9.17, 15) is 9.83 Å². The number of rotatable bonds is 5. The molecule has 180 valence electrons. The van der Waals surface area contributed by atoms with E-state index < -0.39 is 7.14 Å². The Balaban J connectivity index is 1.45. The smallest absolute Gasteiger partial charge is 0.229 e. The number of nitrogens with one attached hydrogen (secondary N) is 2. The average molecular weight is 489 g/mol. The van der Waals surface area contributed by atoms with Crippen LogP contribution in [0.15, 0.2) is 36.5 Å². The van der Waals surface area contributed by atoms with Crippen LogP contribution in [0.25, 0.3) is 0 Å². The van der Waals surface area contributed by atoms with Crippen molar-refractivity contribution in [2.45, 2.75) is 19.0 Å². The summed E-state index contributed by atoms with van der Waals surface area (Å²) in [6, 6.07) is 11.8. The molecule has 0 bridgehead atoms. The monoisotopic (exact) mass is 488 g/mol. The molecule has 4 heterocycles. The average Bonchev–Trinajstić information content (AvgIpc) is 2.78. The quantitative estimate of drug-likeness (QED) is 0.522. The van der Waals surface area contributed by atoms with Crippen molar-refractivity contribution in [3.8, 4) is 6.07 Å². The van der Waals surface area contributed by atoms with Crippen LogP contribution < -0.4 is 16.1 Å². The zero-order valence-electron chi connectivity index (χ0n) is 20.4. The number of hydrogen-bond donors (Lipinski definition) is 2. The highest BCUT2D eigenvalue weighted by Crippen LogP contribution is 2.38. The maximum Gasteiger partial charge on any atom is 0.229 e. The molecule has 35 heavy (non-hydrogen) atoms. The van der Waals surface area contributed by atoms with Crippen LogP contribution in [0.4, 0.5) is 23.3 Å². The topological polar surface area (TPSA) is 110 Å². The molecule has 10 heteroatoms. The molecule has 3 aromatic rings. The molecule has 0 amide bonds. The van der Waals surface area contributed by atoms with E-state index in [0.29, 0.717) is 34.5 Å². The highest BCUT2D eigenvalue weighted by atomic mass is 31.2. The van der Waals surface area contributed by atoms with Gasteiger partial charge in [0.1, 0.15) is 30.0 Å². The lowest BCUT2D eigenvalue weighted by Gasteiger charge is -2.40. The summed E-state index contributed by atoms with van der Waals surface area (Å²) in [5.74, 6) is 1.73. The Bertz CT molecular complexity index is 1340. The Morgan fingerprint density at radius 2 is 1.74 bits per heavy atom. The Morgan fingerprint density at radius 3 is 2.37 bits per heavy atom. The molecule has 0 unspecified atom stereocenters. The second kappa shape index (κ2) is 9.04. The first-order valence-corrected chi connectivity index (χ1v) is 14.2. The highest BCUT2D eigenvalue weighted by molar-refractivity contribution is 7.69. The van der Waals surface area contributed by atoms with Crippen LogP contribution in [0.5, 0.6) is 0 Å². The number of aromatic nitrogens is 3. The summed E-state index contributed by atoms with van der Waals surface area (Å²) in [6.45, 7) is 7.34. The molecule has 5 rings (SSSR count). The third-order valence-corrected chi connectivity index (χ3v) is 7.75. The van der Waals surface area contributed by atoms with Gasteiger partial charge in [0.2, 0.25) is 5.95 Å². The molecule has 2 aliphatic heterocycles. The Morgan fingerprint density at radius 1 is 1.06 bits per heavy atom. The maximum absolute atomic E-state index is 12.4. The third-order valence-electron chi connectivity index (χ3n) is 6.40. The van der Waals surface area contributed by atoms with Crippen molar-refractivity contribution in [3.63, 3.8) is 0 Å². The molecule has 2 aromatic heterocycles. The second-order valence-corrected chi connectivity index (χ2v) is 13.0. The fourth-order valence-corrected chi connectivity index (χ4v) is 5.80. The number of nitrogens with zero attached hydrogens (tertiary/aromatic N) is 6. The highest BCUT2D eigenvalue weighted by Gasteiger charge is 2.31. The third kappa shape index (κ3) is 4.92. The summed E-state index contributed by atoms with van der Waals surface area (Å²) in [5.41, 5.74) is 5.92. The summed E-state index contributed by atoms with van der Waals surface area (Å²) < 4.78 is 12.4. The molecule has 0 radical (unpaired) electrons. The molecule has 2 N–H and O–H groups in total. The van der Waals surface area contributed by atoms with E-state index in [1.54, 1.807) is 31.5 Å². The lowest BCUT2D eigenvalue weighted by molar-refractivity contribution is 0.210. The fourth-order valence-electron chi connectivity index (χ4n) is 5.00. The molecule has 9 nitrogen and oxygen atoms in total. The first-order chi connectivity index (χ1) is 16.7. The van der Waals surface area contributed by atoms with Gasteiger partial charge in [-0.05, 0) is 68.4 Å². The van der Waals surface area contributed by atoms with E-state index in [1.165, 1.54) is 22.9 Å². The van der Waals surface area contributed by atoms with Gasteiger partial charge in [-0.15, -0.1) is 0 Å². The standard InChI is InChI=1S/C25H29N8OP/c1-32-12-16-8-20(9-17-13-33(2)15-19(14-32)23(16)17)28-25-27-11-18(10-26)24(31-25)30-21-6-5-7-22(29-21)35(3,4)34/h5-9,11,19H,12-15H2,1-4H3,(H2,27,28,29,30,31). The largest absolute Gasteiger partial charge is 0.324 e. The molecule has 0 saturated heterocycles. The minimum atomic E-state index is -2.52. The molecule has 0 saturated carbocycles. The molecule has 0 atom stereocenters. The van der Waals surface area contributed by atoms with Crippen molar-refractivity contribution in [2.24, 2.45) is 0 Å². The van der Waals surface area contributed by atoms with Crippen molar-refractivity contribution in [1.29, 1.82) is 5.26 Å². The van der Waals surface area contributed by atoms with Crippen LogP contribution in [0, 0.1) is 11.3 Å². The van der Waals surface area contributed by atoms with Gasteiger partial charge < -0.3 is 25.0 Å². The van der Waals surface area contributed by atoms with Gasteiger partial charge in [0.15, 0.2) is 5.82 Å². The van der Waals surface area contributed by atoms with Crippen molar-refractivity contribution in [3.05, 3.63) is 58.8 Å². The summed E-state index contributed by atoms with van der Waals surface area (Å²) in [6.07, 6.45) is 1.49. The summed E-state index contributed by atoms with van der Waals surface area (Å²) in [7, 11) is 1.81. The SMILES string of the molecule is CN1Cc2cc(Nc3ncc(C#N)c(Nc4cccc(P(C)(C)=O)n4)n3)cc3c2C(C1)CN(C)C3. The van der Waals surface area contributed by atoms with Gasteiger partial charge >= 0.3 is 0 Å².